The minimum absolute atomic E-state index is 0.108. The second-order valence-electron chi connectivity index (χ2n) is 13.5. The van der Waals surface area contributed by atoms with Gasteiger partial charge < -0.3 is 24.5 Å². The molecule has 1 N–H and O–H groups in total. The van der Waals surface area contributed by atoms with E-state index < -0.39 is 33.4 Å². The highest BCUT2D eigenvalue weighted by molar-refractivity contribution is 8.02. The summed E-state index contributed by atoms with van der Waals surface area (Å²) in [6.07, 6.45) is 5.42. The van der Waals surface area contributed by atoms with E-state index in [2.05, 4.69) is 38.8 Å². The number of morpholine rings is 1. The first-order chi connectivity index (χ1) is 21.6. The Labute approximate surface area is 272 Å². The van der Waals surface area contributed by atoms with E-state index in [9.17, 15) is 19.5 Å². The number of hydrogen-bond acceptors (Lipinski definition) is 7. The summed E-state index contributed by atoms with van der Waals surface area (Å²) in [4.78, 5) is 51.9. The van der Waals surface area contributed by atoms with Gasteiger partial charge in [-0.2, -0.15) is 0 Å². The van der Waals surface area contributed by atoms with Crippen LogP contribution in [0.5, 0.6) is 0 Å². The van der Waals surface area contributed by atoms with Gasteiger partial charge in [0.1, 0.15) is 6.04 Å². The number of fused-ring (bicyclic) bond motifs is 1. The Morgan fingerprint density at radius 1 is 1.11 bits per heavy atom. The van der Waals surface area contributed by atoms with Gasteiger partial charge in [-0.05, 0) is 44.2 Å². The van der Waals surface area contributed by atoms with Crippen molar-refractivity contribution in [1.29, 1.82) is 0 Å². The van der Waals surface area contributed by atoms with E-state index in [1.165, 1.54) is 0 Å². The van der Waals surface area contributed by atoms with Crippen LogP contribution in [0.15, 0.2) is 55.6 Å². The molecule has 1 aromatic rings. The molecule has 2 unspecified atom stereocenters. The van der Waals surface area contributed by atoms with Gasteiger partial charge >= 0.3 is 0 Å². The fourth-order valence-electron chi connectivity index (χ4n) is 8.17. The van der Waals surface area contributed by atoms with Gasteiger partial charge in [0.05, 0.1) is 42.4 Å². The number of anilines is 1. The molecule has 4 aliphatic rings. The molecule has 45 heavy (non-hydrogen) atoms. The molecule has 4 fully saturated rings. The maximum absolute atomic E-state index is 14.9. The second kappa shape index (κ2) is 14.0. The molecule has 5 rings (SSSR count). The number of likely N-dealkylation sites (tertiary alicyclic amines) is 1. The number of nitrogens with zero attached hydrogens (tertiary/aromatic N) is 4. The fraction of sp³-hybridized carbons (Fsp3) is 0.629. The molecule has 0 aromatic heterocycles. The summed E-state index contributed by atoms with van der Waals surface area (Å²) < 4.78 is 4.25. The number of aliphatic hydroxyl groups is 1. The van der Waals surface area contributed by atoms with Gasteiger partial charge in [-0.1, -0.05) is 44.2 Å². The van der Waals surface area contributed by atoms with Crippen LogP contribution in [0.2, 0.25) is 0 Å². The molecule has 0 aliphatic carbocycles. The van der Waals surface area contributed by atoms with Crippen molar-refractivity contribution >= 4 is 35.2 Å². The molecular formula is C35H50N4O5S. The zero-order valence-corrected chi connectivity index (χ0v) is 27.9. The first kappa shape index (κ1) is 33.7. The number of para-hydroxylation sites is 1. The van der Waals surface area contributed by atoms with Gasteiger partial charge in [-0.3, -0.25) is 19.3 Å². The number of rotatable bonds is 14. The van der Waals surface area contributed by atoms with Crippen LogP contribution < -0.4 is 4.90 Å². The normalized spacial score (nSPS) is 29.9. The number of aliphatic hydroxyl groups excluding tert-OH is 1. The number of carbonyl (C=O) groups excluding carboxylic acids is 3. The standard InChI is InChI=1S/C35H50N4O5S/c1-6-15-37(18-17-36-19-21-44-22-20-36)33(43)30-35-14-13-34(5,45-35)28(29(35)32(42)39(30)27(24-40)23-25(3)4)31(41)38(16-7-2)26-11-9-8-10-12-26/h6-12,25,27-30,40H,1-2,13-24H2,3-5H3/t27-,28+,29+,30?,34-,35?/m1/s1. The molecule has 10 heteroatoms. The van der Waals surface area contributed by atoms with Gasteiger partial charge in [0.2, 0.25) is 17.7 Å². The van der Waals surface area contributed by atoms with Gasteiger partial charge in [0.15, 0.2) is 0 Å². The van der Waals surface area contributed by atoms with Gasteiger partial charge in [0.25, 0.3) is 0 Å². The number of thioether (sulfide) groups is 1. The number of carbonyl (C=O) groups is 3. The number of ether oxygens (including phenoxy) is 1. The lowest BCUT2D eigenvalue weighted by molar-refractivity contribution is -0.146. The molecule has 4 saturated heterocycles. The van der Waals surface area contributed by atoms with Crippen molar-refractivity contribution in [3.63, 3.8) is 0 Å². The van der Waals surface area contributed by atoms with Crippen molar-refractivity contribution in [2.75, 3.05) is 64.0 Å². The first-order valence-corrected chi connectivity index (χ1v) is 17.2. The average Bonchev–Trinajstić information content (AvgIpc) is 3.61. The van der Waals surface area contributed by atoms with Crippen LogP contribution in [0, 0.1) is 17.8 Å². The van der Waals surface area contributed by atoms with Crippen molar-refractivity contribution in [2.45, 2.75) is 61.6 Å². The van der Waals surface area contributed by atoms with Crippen LogP contribution in [0.3, 0.4) is 0 Å². The van der Waals surface area contributed by atoms with E-state index in [1.807, 2.05) is 35.2 Å². The highest BCUT2D eigenvalue weighted by atomic mass is 32.2. The Balaban J connectivity index is 1.54. The molecule has 1 aromatic carbocycles. The third-order valence-electron chi connectivity index (χ3n) is 10.2. The predicted molar refractivity (Wildman–Crippen MR) is 179 cm³/mol. The minimum atomic E-state index is -0.773. The maximum atomic E-state index is 14.9. The van der Waals surface area contributed by atoms with E-state index >= 15 is 0 Å². The summed E-state index contributed by atoms with van der Waals surface area (Å²) in [7, 11) is 0. The zero-order chi connectivity index (χ0) is 32.4. The maximum Gasteiger partial charge on any atom is 0.247 e. The lowest BCUT2D eigenvalue weighted by Crippen LogP contribution is -2.58. The Hall–Kier alpha value is -2.66. The quantitative estimate of drug-likeness (QED) is 0.312. The van der Waals surface area contributed by atoms with Gasteiger partial charge in [-0.15, -0.1) is 24.9 Å². The van der Waals surface area contributed by atoms with Crippen LogP contribution in [-0.2, 0) is 19.1 Å². The van der Waals surface area contributed by atoms with Crippen molar-refractivity contribution in [2.24, 2.45) is 17.8 Å². The minimum Gasteiger partial charge on any atom is -0.394 e. The topological polar surface area (TPSA) is 93.6 Å². The van der Waals surface area contributed by atoms with Crippen LogP contribution in [-0.4, -0.2) is 118 Å². The molecule has 1 spiro atoms. The SMILES string of the molecule is C=CCN(CCN1CCOCC1)C(=O)C1N([C@@H](CO)CC(C)C)C(=O)[C@@H]2[C@@H](C(=O)N(CC=C)c3ccccc3)[C@@]3(C)CCC12S3. The predicted octanol–water partition coefficient (Wildman–Crippen LogP) is 3.44. The van der Waals surface area contributed by atoms with E-state index in [-0.39, 0.29) is 30.2 Å². The highest BCUT2D eigenvalue weighted by Gasteiger charge is 2.78. The van der Waals surface area contributed by atoms with E-state index in [4.69, 9.17) is 4.74 Å². The highest BCUT2D eigenvalue weighted by Crippen LogP contribution is 2.72. The number of benzene rings is 1. The fourth-order valence-corrected chi connectivity index (χ4v) is 10.5. The van der Waals surface area contributed by atoms with Crippen LogP contribution in [0.4, 0.5) is 5.69 Å². The third-order valence-corrected chi connectivity index (χ3v) is 12.1. The average molecular weight is 639 g/mol. The van der Waals surface area contributed by atoms with Crippen LogP contribution >= 0.6 is 11.8 Å². The zero-order valence-electron chi connectivity index (χ0n) is 27.1. The summed E-state index contributed by atoms with van der Waals surface area (Å²) in [6.45, 7) is 18.7. The number of hydrogen-bond donors (Lipinski definition) is 1. The Kier molecular flexibility index (Phi) is 10.5. The molecule has 246 valence electrons. The number of amides is 3. The summed E-state index contributed by atoms with van der Waals surface area (Å²) in [5, 5.41) is 10.7. The van der Waals surface area contributed by atoms with Crippen molar-refractivity contribution < 1.29 is 24.2 Å². The lowest BCUT2D eigenvalue weighted by atomic mass is 9.66. The summed E-state index contributed by atoms with van der Waals surface area (Å²) in [5.74, 6) is -1.47. The van der Waals surface area contributed by atoms with Gasteiger partial charge in [-0.25, -0.2) is 0 Å². The molecule has 0 radical (unpaired) electrons. The Bertz CT molecular complexity index is 1260. The summed E-state index contributed by atoms with van der Waals surface area (Å²) >= 11 is 1.67. The van der Waals surface area contributed by atoms with Crippen molar-refractivity contribution in [1.82, 2.24) is 14.7 Å². The first-order valence-electron chi connectivity index (χ1n) is 16.4. The molecule has 6 atom stereocenters. The molecule has 2 bridgehead atoms. The molecule has 3 amide bonds. The largest absolute Gasteiger partial charge is 0.394 e. The van der Waals surface area contributed by atoms with Gasteiger partial charge in [0, 0.05) is 49.7 Å². The molecule has 0 saturated carbocycles. The third kappa shape index (κ3) is 6.23. The molecular weight excluding hydrogens is 588 g/mol. The monoisotopic (exact) mass is 638 g/mol. The lowest BCUT2D eigenvalue weighted by Gasteiger charge is -2.40. The summed E-state index contributed by atoms with van der Waals surface area (Å²) in [5.41, 5.74) is 0.760. The van der Waals surface area contributed by atoms with E-state index in [0.29, 0.717) is 52.2 Å². The Morgan fingerprint density at radius 3 is 2.42 bits per heavy atom. The summed E-state index contributed by atoms with van der Waals surface area (Å²) in [6, 6.07) is 8.23. The van der Waals surface area contributed by atoms with Crippen molar-refractivity contribution in [3.05, 3.63) is 55.6 Å². The van der Waals surface area contributed by atoms with E-state index in [0.717, 1.165) is 25.2 Å². The smallest absolute Gasteiger partial charge is 0.247 e. The Morgan fingerprint density at radius 2 is 1.80 bits per heavy atom. The molecule has 4 heterocycles. The van der Waals surface area contributed by atoms with Crippen LogP contribution in [0.25, 0.3) is 0 Å². The second-order valence-corrected chi connectivity index (χ2v) is 15.4. The molecule has 9 nitrogen and oxygen atoms in total. The molecule has 4 aliphatic heterocycles. The van der Waals surface area contributed by atoms with Crippen LogP contribution in [0.1, 0.15) is 40.0 Å². The van der Waals surface area contributed by atoms with Crippen molar-refractivity contribution in [3.8, 4) is 0 Å². The van der Waals surface area contributed by atoms with E-state index in [1.54, 1.807) is 33.7 Å².